The largest absolute Gasteiger partial charge is 0.466 e. The van der Waals surface area contributed by atoms with Crippen LogP contribution >= 0.6 is 0 Å². The van der Waals surface area contributed by atoms with Gasteiger partial charge in [-0.2, -0.15) is 0 Å². The van der Waals surface area contributed by atoms with Gasteiger partial charge >= 0.3 is 5.97 Å². The Bertz CT molecular complexity index is 259. The smallest absolute Gasteiger partial charge is 0.306 e. The van der Waals surface area contributed by atoms with Crippen LogP contribution in [0.25, 0.3) is 0 Å². The van der Waals surface area contributed by atoms with Gasteiger partial charge in [0.2, 0.25) is 0 Å². The Balaban J connectivity index is 1.74. The van der Waals surface area contributed by atoms with Crippen LogP contribution in [-0.2, 0) is 9.53 Å². The molecule has 3 nitrogen and oxygen atoms in total. The molecule has 0 aromatic carbocycles. The number of carbonyl (C=O) groups is 1. The first-order valence-electron chi connectivity index (χ1n) is 6.52. The Morgan fingerprint density at radius 3 is 2.81 bits per heavy atom. The molecule has 92 valence electrons. The summed E-state index contributed by atoms with van der Waals surface area (Å²) in [6, 6.07) is 0.650. The zero-order valence-corrected chi connectivity index (χ0v) is 10.4. The van der Waals surface area contributed by atoms with Gasteiger partial charge in [-0.05, 0) is 57.4 Å². The lowest BCUT2D eigenvalue weighted by Gasteiger charge is -2.52. The summed E-state index contributed by atoms with van der Waals surface area (Å²) in [6.45, 7) is 5.79. The first kappa shape index (κ1) is 11.9. The number of nitrogens with one attached hydrogen (secondary N) is 1. The predicted octanol–water partition coefficient (Wildman–Crippen LogP) is 2.11. The summed E-state index contributed by atoms with van der Waals surface area (Å²) in [5.41, 5.74) is 0.557. The summed E-state index contributed by atoms with van der Waals surface area (Å²) in [7, 11) is 0. The first-order chi connectivity index (χ1) is 7.63. The third-order valence-electron chi connectivity index (χ3n) is 4.09. The third-order valence-corrected chi connectivity index (χ3v) is 4.09. The SMILES string of the molecule is CCOC(=O)CC1CC2(CCNC(C)C2)C1. The molecule has 1 aliphatic heterocycles. The highest BCUT2D eigenvalue weighted by molar-refractivity contribution is 5.69. The van der Waals surface area contributed by atoms with Gasteiger partial charge in [0.1, 0.15) is 0 Å². The Kier molecular flexibility index (Phi) is 3.53. The molecule has 2 rings (SSSR count). The predicted molar refractivity (Wildman–Crippen MR) is 63.1 cm³/mol. The van der Waals surface area contributed by atoms with Crippen molar-refractivity contribution in [1.82, 2.24) is 5.32 Å². The van der Waals surface area contributed by atoms with Crippen molar-refractivity contribution >= 4 is 5.97 Å². The van der Waals surface area contributed by atoms with E-state index in [9.17, 15) is 4.79 Å². The monoisotopic (exact) mass is 225 g/mol. The molecular formula is C13H23NO2. The maximum Gasteiger partial charge on any atom is 0.306 e. The Hall–Kier alpha value is -0.570. The van der Waals surface area contributed by atoms with E-state index in [0.717, 1.165) is 6.54 Å². The molecule has 2 fully saturated rings. The molecule has 1 heterocycles. The molecule has 0 aromatic rings. The summed E-state index contributed by atoms with van der Waals surface area (Å²) in [5.74, 6) is 0.577. The van der Waals surface area contributed by atoms with Crippen molar-refractivity contribution in [2.24, 2.45) is 11.3 Å². The second kappa shape index (κ2) is 4.74. The van der Waals surface area contributed by atoms with Gasteiger partial charge in [0.25, 0.3) is 0 Å². The normalized spacial score (nSPS) is 38.1. The van der Waals surface area contributed by atoms with Crippen LogP contribution in [0.3, 0.4) is 0 Å². The Morgan fingerprint density at radius 1 is 1.44 bits per heavy atom. The van der Waals surface area contributed by atoms with E-state index in [0.29, 0.717) is 30.4 Å². The lowest BCUT2D eigenvalue weighted by molar-refractivity contribution is -0.146. The second-order valence-corrected chi connectivity index (χ2v) is 5.59. The van der Waals surface area contributed by atoms with Gasteiger partial charge in [0.15, 0.2) is 0 Å². The van der Waals surface area contributed by atoms with Crippen molar-refractivity contribution in [2.75, 3.05) is 13.2 Å². The van der Waals surface area contributed by atoms with Gasteiger partial charge in [0, 0.05) is 12.5 Å². The number of rotatable bonds is 3. The Morgan fingerprint density at radius 2 is 2.19 bits per heavy atom. The molecule has 1 aliphatic carbocycles. The van der Waals surface area contributed by atoms with Gasteiger partial charge in [-0.15, -0.1) is 0 Å². The van der Waals surface area contributed by atoms with E-state index < -0.39 is 0 Å². The molecular weight excluding hydrogens is 202 g/mol. The van der Waals surface area contributed by atoms with E-state index in [-0.39, 0.29) is 5.97 Å². The minimum atomic E-state index is -0.00988. The third kappa shape index (κ3) is 2.57. The lowest BCUT2D eigenvalue weighted by atomic mass is 9.56. The molecule has 1 saturated heterocycles. The van der Waals surface area contributed by atoms with Gasteiger partial charge in [-0.3, -0.25) is 4.79 Å². The highest BCUT2D eigenvalue weighted by Crippen LogP contribution is 2.53. The van der Waals surface area contributed by atoms with Crippen LogP contribution in [0.5, 0.6) is 0 Å². The molecule has 1 unspecified atom stereocenters. The van der Waals surface area contributed by atoms with Crippen molar-refractivity contribution in [1.29, 1.82) is 0 Å². The zero-order valence-electron chi connectivity index (χ0n) is 10.4. The van der Waals surface area contributed by atoms with E-state index in [1.807, 2.05) is 6.92 Å². The van der Waals surface area contributed by atoms with E-state index in [2.05, 4.69) is 12.2 Å². The topological polar surface area (TPSA) is 38.3 Å². The van der Waals surface area contributed by atoms with Crippen LogP contribution in [0.15, 0.2) is 0 Å². The van der Waals surface area contributed by atoms with E-state index >= 15 is 0 Å². The van der Waals surface area contributed by atoms with Crippen molar-refractivity contribution in [2.45, 2.75) is 52.0 Å². The van der Waals surface area contributed by atoms with Crippen LogP contribution < -0.4 is 5.32 Å². The molecule has 0 bridgehead atoms. The molecule has 1 spiro atoms. The van der Waals surface area contributed by atoms with Crippen LogP contribution in [0, 0.1) is 11.3 Å². The van der Waals surface area contributed by atoms with Crippen LogP contribution in [0.4, 0.5) is 0 Å². The Labute approximate surface area is 97.9 Å². The van der Waals surface area contributed by atoms with Gasteiger partial charge in [0.05, 0.1) is 6.61 Å². The van der Waals surface area contributed by atoms with Crippen molar-refractivity contribution in [3.63, 3.8) is 0 Å². The average Bonchev–Trinajstić information content (AvgIpc) is 2.15. The van der Waals surface area contributed by atoms with Gasteiger partial charge in [-0.25, -0.2) is 0 Å². The summed E-state index contributed by atoms with van der Waals surface area (Å²) < 4.78 is 4.99. The number of carbonyl (C=O) groups excluding carboxylic acids is 1. The number of piperidine rings is 1. The van der Waals surface area contributed by atoms with Crippen LogP contribution in [-0.4, -0.2) is 25.2 Å². The number of hydrogen-bond acceptors (Lipinski definition) is 3. The van der Waals surface area contributed by atoms with E-state index in [4.69, 9.17) is 4.74 Å². The highest BCUT2D eigenvalue weighted by atomic mass is 16.5. The van der Waals surface area contributed by atoms with E-state index in [1.165, 1.54) is 25.7 Å². The fourth-order valence-corrected chi connectivity index (χ4v) is 3.54. The molecule has 3 heteroatoms. The molecule has 1 N–H and O–H groups in total. The molecule has 0 amide bonds. The van der Waals surface area contributed by atoms with E-state index in [1.54, 1.807) is 0 Å². The van der Waals surface area contributed by atoms with Crippen LogP contribution in [0.2, 0.25) is 0 Å². The fourth-order valence-electron chi connectivity index (χ4n) is 3.54. The molecule has 16 heavy (non-hydrogen) atoms. The number of esters is 1. The first-order valence-corrected chi connectivity index (χ1v) is 6.52. The van der Waals surface area contributed by atoms with Crippen LogP contribution in [0.1, 0.15) is 46.0 Å². The minimum Gasteiger partial charge on any atom is -0.466 e. The standard InChI is InChI=1S/C13H23NO2/c1-3-16-12(15)6-11-8-13(9-11)4-5-14-10(2)7-13/h10-11,14H,3-9H2,1-2H3. The van der Waals surface area contributed by atoms with Crippen molar-refractivity contribution < 1.29 is 9.53 Å². The van der Waals surface area contributed by atoms with Gasteiger partial charge < -0.3 is 10.1 Å². The number of ether oxygens (including phenoxy) is 1. The summed E-state index contributed by atoms with van der Waals surface area (Å²) in [6.07, 6.45) is 5.68. The van der Waals surface area contributed by atoms with Gasteiger partial charge in [-0.1, -0.05) is 0 Å². The fraction of sp³-hybridized carbons (Fsp3) is 0.923. The maximum atomic E-state index is 11.3. The van der Waals surface area contributed by atoms with Crippen molar-refractivity contribution in [3.8, 4) is 0 Å². The zero-order chi connectivity index (χ0) is 11.6. The molecule has 1 atom stereocenters. The van der Waals surface area contributed by atoms with Crippen molar-refractivity contribution in [3.05, 3.63) is 0 Å². The molecule has 2 aliphatic rings. The molecule has 0 radical (unpaired) electrons. The lowest BCUT2D eigenvalue weighted by Crippen LogP contribution is -2.49. The second-order valence-electron chi connectivity index (χ2n) is 5.59. The molecule has 0 aromatic heterocycles. The summed E-state index contributed by atoms with van der Waals surface area (Å²) in [4.78, 5) is 11.3. The summed E-state index contributed by atoms with van der Waals surface area (Å²) in [5, 5.41) is 3.49. The maximum absolute atomic E-state index is 11.3. The average molecular weight is 225 g/mol. The number of hydrogen-bond donors (Lipinski definition) is 1. The highest BCUT2D eigenvalue weighted by Gasteiger charge is 2.46. The molecule has 1 saturated carbocycles. The minimum absolute atomic E-state index is 0.00988. The summed E-state index contributed by atoms with van der Waals surface area (Å²) >= 11 is 0. The quantitative estimate of drug-likeness (QED) is 0.748.